The molecule has 1 unspecified atom stereocenters. The van der Waals surface area contributed by atoms with Crippen molar-refractivity contribution in [2.24, 2.45) is 0 Å². The van der Waals surface area contributed by atoms with E-state index >= 15 is 0 Å². The number of rotatable bonds is 9. The number of amides is 2. The van der Waals surface area contributed by atoms with Gasteiger partial charge in [0, 0.05) is 22.3 Å². The third-order valence-electron chi connectivity index (χ3n) is 5.93. The molecule has 4 nitrogen and oxygen atoms in total. The van der Waals surface area contributed by atoms with E-state index in [1.165, 1.54) is 17.8 Å². The average molecular weight is 507 g/mol. The Kier molecular flexibility index (Phi) is 8.95. The molecule has 0 bridgehead atoms. The van der Waals surface area contributed by atoms with Gasteiger partial charge in [-0.2, -0.15) is 0 Å². The Morgan fingerprint density at radius 2 is 1.49 bits per heavy atom. The van der Waals surface area contributed by atoms with Crippen molar-refractivity contribution in [3.05, 3.63) is 131 Å². The third kappa shape index (κ3) is 7.21. The highest BCUT2D eigenvalue weighted by Crippen LogP contribution is 2.37. The van der Waals surface area contributed by atoms with Gasteiger partial charge in [0.2, 0.25) is 11.8 Å². The Morgan fingerprint density at radius 3 is 2.16 bits per heavy atom. The molecule has 1 atom stereocenters. The molecule has 0 aliphatic carbocycles. The molecule has 0 fully saturated rings. The van der Waals surface area contributed by atoms with Gasteiger partial charge in [-0.05, 0) is 65.9 Å². The Labute approximate surface area is 222 Å². The summed E-state index contributed by atoms with van der Waals surface area (Å²) < 4.78 is 0. The second-order valence-electron chi connectivity index (χ2n) is 8.62. The lowest BCUT2D eigenvalue weighted by Gasteiger charge is -2.20. The molecule has 0 heterocycles. The summed E-state index contributed by atoms with van der Waals surface area (Å²) in [5.74, 6) is -0.264. The van der Waals surface area contributed by atoms with E-state index in [9.17, 15) is 9.59 Å². The second kappa shape index (κ2) is 12.7. The quantitative estimate of drug-likeness (QED) is 0.181. The predicted molar refractivity (Wildman–Crippen MR) is 155 cm³/mol. The van der Waals surface area contributed by atoms with E-state index in [-0.39, 0.29) is 11.8 Å². The maximum atomic E-state index is 13.5. The number of carbonyl (C=O) groups is 2. The number of aryl methyl sites for hydroxylation is 2. The van der Waals surface area contributed by atoms with Crippen LogP contribution in [0.4, 0.5) is 11.4 Å². The molecule has 0 aliphatic heterocycles. The van der Waals surface area contributed by atoms with Crippen molar-refractivity contribution in [1.82, 2.24) is 0 Å². The van der Waals surface area contributed by atoms with E-state index in [1.54, 1.807) is 6.08 Å². The molecule has 0 saturated heterocycles. The van der Waals surface area contributed by atoms with Crippen molar-refractivity contribution in [3.63, 3.8) is 0 Å². The van der Waals surface area contributed by atoms with Gasteiger partial charge in [0.05, 0.1) is 0 Å². The second-order valence-corrected chi connectivity index (χ2v) is 9.80. The minimum atomic E-state index is -0.431. The molecule has 4 aromatic rings. The Hall–Kier alpha value is -4.09. The van der Waals surface area contributed by atoms with Gasteiger partial charge >= 0.3 is 0 Å². The standard InChI is InChI=1S/C32H30N2O2S/c1-3-25-16-10-11-23(2)30(25)34-32(36)31(26-14-8-5-9-15-26)37-28-20-18-27(19-21-28)33-29(35)22-17-24-12-6-4-7-13-24/h4-22,31H,3H2,1-2H3,(H,33,35)(H,34,36)/b22-17+. The maximum absolute atomic E-state index is 13.5. The zero-order valence-electron chi connectivity index (χ0n) is 21.0. The van der Waals surface area contributed by atoms with Crippen molar-refractivity contribution in [2.45, 2.75) is 30.4 Å². The normalized spacial score (nSPS) is 11.7. The van der Waals surface area contributed by atoms with Crippen molar-refractivity contribution in [3.8, 4) is 0 Å². The van der Waals surface area contributed by atoms with E-state index < -0.39 is 5.25 Å². The molecule has 0 saturated carbocycles. The van der Waals surface area contributed by atoms with Crippen molar-refractivity contribution in [1.29, 1.82) is 0 Å². The molecule has 0 spiro atoms. The lowest BCUT2D eigenvalue weighted by Crippen LogP contribution is -2.20. The van der Waals surface area contributed by atoms with Crippen LogP contribution in [0.25, 0.3) is 6.08 Å². The van der Waals surface area contributed by atoms with Gasteiger partial charge < -0.3 is 10.6 Å². The lowest BCUT2D eigenvalue weighted by molar-refractivity contribution is -0.116. The number of thioether (sulfide) groups is 1. The highest BCUT2D eigenvalue weighted by molar-refractivity contribution is 8.00. The summed E-state index contributed by atoms with van der Waals surface area (Å²) in [6.45, 7) is 4.10. The third-order valence-corrected chi connectivity index (χ3v) is 7.20. The first-order chi connectivity index (χ1) is 18.0. The fraction of sp³-hybridized carbons (Fsp3) is 0.125. The molecule has 37 heavy (non-hydrogen) atoms. The van der Waals surface area contributed by atoms with Crippen molar-refractivity contribution in [2.75, 3.05) is 10.6 Å². The van der Waals surface area contributed by atoms with E-state index in [0.29, 0.717) is 5.69 Å². The summed E-state index contributed by atoms with van der Waals surface area (Å²) in [6.07, 6.45) is 4.14. The van der Waals surface area contributed by atoms with Crippen LogP contribution in [0.15, 0.2) is 114 Å². The number of hydrogen-bond acceptors (Lipinski definition) is 3. The predicted octanol–water partition coefficient (Wildman–Crippen LogP) is 7.68. The average Bonchev–Trinajstić information content (AvgIpc) is 2.93. The van der Waals surface area contributed by atoms with Gasteiger partial charge in [-0.3, -0.25) is 9.59 Å². The first kappa shape index (κ1) is 26.0. The number of anilines is 2. The molecule has 2 amide bonds. The number of hydrogen-bond donors (Lipinski definition) is 2. The van der Waals surface area contributed by atoms with E-state index in [2.05, 4.69) is 23.6 Å². The van der Waals surface area contributed by atoms with Crippen LogP contribution in [-0.4, -0.2) is 11.8 Å². The maximum Gasteiger partial charge on any atom is 0.248 e. The zero-order valence-corrected chi connectivity index (χ0v) is 21.8. The van der Waals surface area contributed by atoms with Gasteiger partial charge in [-0.25, -0.2) is 0 Å². The summed E-state index contributed by atoms with van der Waals surface area (Å²) in [6, 6.07) is 33.1. The number of benzene rings is 4. The monoisotopic (exact) mass is 506 g/mol. The number of para-hydroxylation sites is 1. The van der Waals surface area contributed by atoms with Crippen molar-refractivity contribution >= 4 is 41.0 Å². The van der Waals surface area contributed by atoms with Gasteiger partial charge in [0.15, 0.2) is 0 Å². The highest BCUT2D eigenvalue weighted by atomic mass is 32.2. The number of nitrogens with one attached hydrogen (secondary N) is 2. The van der Waals surface area contributed by atoms with Crippen LogP contribution in [0.2, 0.25) is 0 Å². The van der Waals surface area contributed by atoms with Gasteiger partial charge in [-0.15, -0.1) is 11.8 Å². The fourth-order valence-corrected chi connectivity index (χ4v) is 4.99. The largest absolute Gasteiger partial charge is 0.324 e. The minimum Gasteiger partial charge on any atom is -0.324 e. The summed E-state index contributed by atoms with van der Waals surface area (Å²) in [5, 5.41) is 5.64. The van der Waals surface area contributed by atoms with Crippen LogP contribution < -0.4 is 10.6 Å². The van der Waals surface area contributed by atoms with Crippen LogP contribution in [0, 0.1) is 6.92 Å². The number of carbonyl (C=O) groups excluding carboxylic acids is 2. The first-order valence-corrected chi connectivity index (χ1v) is 13.2. The fourth-order valence-electron chi connectivity index (χ4n) is 3.96. The van der Waals surface area contributed by atoms with E-state index in [4.69, 9.17) is 0 Å². The molecule has 0 aliphatic rings. The summed E-state index contributed by atoms with van der Waals surface area (Å²) in [7, 11) is 0. The smallest absolute Gasteiger partial charge is 0.248 e. The lowest BCUT2D eigenvalue weighted by atomic mass is 10.1. The Morgan fingerprint density at radius 1 is 0.811 bits per heavy atom. The Bertz CT molecular complexity index is 1370. The van der Waals surface area contributed by atoms with Crippen LogP contribution in [0.5, 0.6) is 0 Å². The highest BCUT2D eigenvalue weighted by Gasteiger charge is 2.23. The van der Waals surface area contributed by atoms with Gasteiger partial charge in [-0.1, -0.05) is 85.8 Å². The molecule has 0 radical (unpaired) electrons. The van der Waals surface area contributed by atoms with Gasteiger partial charge in [0.1, 0.15) is 5.25 Å². The minimum absolute atomic E-state index is 0.0661. The first-order valence-electron chi connectivity index (χ1n) is 12.3. The van der Waals surface area contributed by atoms with Gasteiger partial charge in [0.25, 0.3) is 0 Å². The molecular formula is C32H30N2O2S. The van der Waals surface area contributed by atoms with Crippen LogP contribution in [0.3, 0.4) is 0 Å². The molecule has 186 valence electrons. The van der Waals surface area contributed by atoms with Crippen molar-refractivity contribution < 1.29 is 9.59 Å². The molecule has 0 aromatic heterocycles. The van der Waals surface area contributed by atoms with E-state index in [1.807, 2.05) is 104 Å². The SMILES string of the molecule is CCc1cccc(C)c1NC(=O)C(Sc1ccc(NC(=O)/C=C/c2ccccc2)cc1)c1ccccc1. The summed E-state index contributed by atoms with van der Waals surface area (Å²) in [5.41, 5.74) is 5.64. The molecule has 4 aromatic carbocycles. The molecular weight excluding hydrogens is 476 g/mol. The Balaban J connectivity index is 1.47. The van der Waals surface area contributed by atoms with Crippen LogP contribution in [-0.2, 0) is 16.0 Å². The molecule has 2 N–H and O–H groups in total. The van der Waals surface area contributed by atoms with Crippen LogP contribution in [0.1, 0.15) is 34.4 Å². The van der Waals surface area contributed by atoms with E-state index in [0.717, 1.165) is 39.3 Å². The summed E-state index contributed by atoms with van der Waals surface area (Å²) in [4.78, 5) is 26.8. The van der Waals surface area contributed by atoms with Crippen LogP contribution >= 0.6 is 11.8 Å². The molecule has 5 heteroatoms. The zero-order chi connectivity index (χ0) is 26.0. The topological polar surface area (TPSA) is 58.2 Å². The summed E-state index contributed by atoms with van der Waals surface area (Å²) >= 11 is 1.48. The molecule has 4 rings (SSSR count).